The summed E-state index contributed by atoms with van der Waals surface area (Å²) < 4.78 is 31.6. The average molecular weight is 403 g/mol. The number of sulfonamides is 1. The normalized spacial score (nSPS) is 16.0. The van der Waals surface area contributed by atoms with Gasteiger partial charge in [0.05, 0.1) is 17.5 Å². The molecular formula is C21H26N2O4S. The lowest BCUT2D eigenvalue weighted by Gasteiger charge is -2.28. The summed E-state index contributed by atoms with van der Waals surface area (Å²) in [7, 11) is -3.30. The van der Waals surface area contributed by atoms with Crippen LogP contribution in [0.1, 0.15) is 42.6 Å². The Balaban J connectivity index is 1.65. The Hall–Kier alpha value is -2.54. The highest BCUT2D eigenvalue weighted by atomic mass is 32.2. The van der Waals surface area contributed by atoms with Crippen LogP contribution in [0.25, 0.3) is 0 Å². The molecule has 1 N–H and O–H groups in total. The van der Waals surface area contributed by atoms with Crippen molar-refractivity contribution in [3.63, 3.8) is 0 Å². The van der Waals surface area contributed by atoms with Crippen LogP contribution in [0.15, 0.2) is 48.5 Å². The molecule has 0 aromatic heterocycles. The van der Waals surface area contributed by atoms with Gasteiger partial charge in [0.25, 0.3) is 5.91 Å². The first-order valence-electron chi connectivity index (χ1n) is 9.49. The smallest absolute Gasteiger partial charge is 0.251 e. The number of nitrogens with zero attached hydrogens (tertiary/aromatic N) is 1. The van der Waals surface area contributed by atoms with Crippen molar-refractivity contribution in [3.05, 3.63) is 59.7 Å². The summed E-state index contributed by atoms with van der Waals surface area (Å²) in [6.07, 6.45) is 1.62. The summed E-state index contributed by atoms with van der Waals surface area (Å²) in [5.74, 6) is 0.708. The molecular weight excluding hydrogens is 376 g/mol. The van der Waals surface area contributed by atoms with E-state index in [1.807, 2.05) is 38.1 Å². The quantitative estimate of drug-likeness (QED) is 0.804. The molecule has 3 rings (SSSR count). The van der Waals surface area contributed by atoms with Gasteiger partial charge in [-0.3, -0.25) is 9.10 Å². The van der Waals surface area contributed by atoms with E-state index in [4.69, 9.17) is 4.74 Å². The van der Waals surface area contributed by atoms with Gasteiger partial charge in [-0.25, -0.2) is 8.42 Å². The van der Waals surface area contributed by atoms with Gasteiger partial charge in [0.1, 0.15) is 5.75 Å². The third-order valence-electron chi connectivity index (χ3n) is 4.49. The lowest BCUT2D eigenvalue weighted by Crippen LogP contribution is -2.38. The van der Waals surface area contributed by atoms with Crippen LogP contribution < -0.4 is 14.4 Å². The first kappa shape index (κ1) is 20.2. The molecule has 0 bridgehead atoms. The fourth-order valence-electron chi connectivity index (χ4n) is 3.12. The Morgan fingerprint density at radius 3 is 2.57 bits per heavy atom. The predicted octanol–water partition coefficient (Wildman–Crippen LogP) is 3.33. The molecule has 1 aliphatic heterocycles. The second kappa shape index (κ2) is 8.65. The maximum Gasteiger partial charge on any atom is 0.251 e. The number of carbonyl (C=O) groups is 1. The van der Waals surface area contributed by atoms with Crippen LogP contribution in [0.5, 0.6) is 5.75 Å². The topological polar surface area (TPSA) is 75.7 Å². The lowest BCUT2D eigenvalue weighted by atomic mass is 10.1. The van der Waals surface area contributed by atoms with Gasteiger partial charge in [-0.05, 0) is 62.6 Å². The summed E-state index contributed by atoms with van der Waals surface area (Å²) in [5, 5.41) is 2.88. The molecule has 0 unspecified atom stereocenters. The summed E-state index contributed by atoms with van der Waals surface area (Å²) >= 11 is 0. The fourth-order valence-corrected chi connectivity index (χ4v) is 4.75. The van der Waals surface area contributed by atoms with Gasteiger partial charge < -0.3 is 10.1 Å². The van der Waals surface area contributed by atoms with E-state index in [1.165, 1.54) is 4.31 Å². The molecule has 2 aromatic rings. The van der Waals surface area contributed by atoms with Crippen molar-refractivity contribution < 1.29 is 17.9 Å². The molecule has 6 nitrogen and oxygen atoms in total. The van der Waals surface area contributed by atoms with Gasteiger partial charge in [-0.2, -0.15) is 0 Å². The van der Waals surface area contributed by atoms with Crippen molar-refractivity contribution in [1.82, 2.24) is 5.32 Å². The van der Waals surface area contributed by atoms with Crippen molar-refractivity contribution in [2.75, 3.05) is 16.6 Å². The van der Waals surface area contributed by atoms with Crippen LogP contribution in [0.4, 0.5) is 5.69 Å². The van der Waals surface area contributed by atoms with Crippen LogP contribution in [-0.2, 0) is 16.6 Å². The average Bonchev–Trinajstić information content (AvgIpc) is 2.66. The van der Waals surface area contributed by atoms with Gasteiger partial charge >= 0.3 is 0 Å². The van der Waals surface area contributed by atoms with Crippen LogP contribution >= 0.6 is 0 Å². The largest absolute Gasteiger partial charge is 0.491 e. The zero-order chi connectivity index (χ0) is 20.1. The third kappa shape index (κ3) is 5.04. The first-order chi connectivity index (χ1) is 13.3. The maximum absolute atomic E-state index is 12.5. The number of benzene rings is 2. The minimum Gasteiger partial charge on any atom is -0.491 e. The molecule has 1 amide bonds. The van der Waals surface area contributed by atoms with Crippen LogP contribution in [0.2, 0.25) is 0 Å². The number of hydrogen-bond donors (Lipinski definition) is 1. The molecule has 7 heteroatoms. The van der Waals surface area contributed by atoms with Crippen LogP contribution in [-0.4, -0.2) is 32.7 Å². The molecule has 2 aromatic carbocycles. The molecule has 0 saturated carbocycles. The molecule has 1 saturated heterocycles. The van der Waals surface area contributed by atoms with Gasteiger partial charge in [-0.15, -0.1) is 0 Å². The van der Waals surface area contributed by atoms with E-state index in [-0.39, 0.29) is 17.8 Å². The zero-order valence-electron chi connectivity index (χ0n) is 16.2. The van der Waals surface area contributed by atoms with E-state index in [0.29, 0.717) is 30.8 Å². The summed E-state index contributed by atoms with van der Waals surface area (Å²) in [6.45, 7) is 4.78. The molecule has 28 heavy (non-hydrogen) atoms. The summed E-state index contributed by atoms with van der Waals surface area (Å²) in [5.41, 5.74) is 1.94. The van der Waals surface area contributed by atoms with E-state index >= 15 is 0 Å². The predicted molar refractivity (Wildman–Crippen MR) is 110 cm³/mol. The Kier molecular flexibility index (Phi) is 6.24. The van der Waals surface area contributed by atoms with Gasteiger partial charge in [0.2, 0.25) is 10.0 Å². The molecule has 0 spiro atoms. The minimum absolute atomic E-state index is 0.113. The van der Waals surface area contributed by atoms with Crippen LogP contribution in [0.3, 0.4) is 0 Å². The highest BCUT2D eigenvalue weighted by Crippen LogP contribution is 2.24. The summed E-state index contributed by atoms with van der Waals surface area (Å²) in [6, 6.07) is 14.3. The monoisotopic (exact) mass is 402 g/mol. The van der Waals surface area contributed by atoms with Crippen molar-refractivity contribution >= 4 is 21.6 Å². The molecule has 1 aliphatic rings. The number of ether oxygens (including phenoxy) is 1. The molecule has 1 fully saturated rings. The number of anilines is 1. The molecule has 0 atom stereocenters. The Labute approximate surface area is 166 Å². The molecule has 0 radical (unpaired) electrons. The highest BCUT2D eigenvalue weighted by Gasteiger charge is 2.26. The Morgan fingerprint density at radius 1 is 1.14 bits per heavy atom. The minimum atomic E-state index is -3.30. The molecule has 1 heterocycles. The lowest BCUT2D eigenvalue weighted by molar-refractivity contribution is 0.0951. The number of hydrogen-bond acceptors (Lipinski definition) is 4. The van der Waals surface area contributed by atoms with Crippen LogP contribution in [0, 0.1) is 0 Å². The van der Waals surface area contributed by atoms with Gasteiger partial charge in [0.15, 0.2) is 0 Å². The second-order valence-corrected chi connectivity index (χ2v) is 9.15. The number of amides is 1. The highest BCUT2D eigenvalue weighted by molar-refractivity contribution is 7.92. The zero-order valence-corrected chi connectivity index (χ0v) is 17.0. The van der Waals surface area contributed by atoms with E-state index in [2.05, 4.69) is 5.32 Å². The maximum atomic E-state index is 12.5. The first-order valence-corrected chi connectivity index (χ1v) is 11.1. The van der Waals surface area contributed by atoms with E-state index in [0.717, 1.165) is 17.7 Å². The number of rotatable bonds is 6. The second-order valence-electron chi connectivity index (χ2n) is 7.14. The Morgan fingerprint density at radius 2 is 1.89 bits per heavy atom. The van der Waals surface area contributed by atoms with Crippen molar-refractivity contribution in [1.29, 1.82) is 0 Å². The third-order valence-corrected chi connectivity index (χ3v) is 6.36. The van der Waals surface area contributed by atoms with E-state index in [1.54, 1.807) is 24.3 Å². The van der Waals surface area contributed by atoms with E-state index < -0.39 is 10.0 Å². The van der Waals surface area contributed by atoms with Gasteiger partial charge in [0, 0.05) is 18.7 Å². The van der Waals surface area contributed by atoms with Crippen molar-refractivity contribution in [3.8, 4) is 5.75 Å². The number of nitrogens with one attached hydrogen (secondary N) is 1. The van der Waals surface area contributed by atoms with Gasteiger partial charge in [-0.1, -0.05) is 18.2 Å². The SMILES string of the molecule is CC(C)Oc1ccc(CNC(=O)c2cccc(N3CCCCS3(=O)=O)c2)cc1. The molecule has 150 valence electrons. The number of carbonyl (C=O) groups excluding carboxylic acids is 1. The van der Waals surface area contributed by atoms with Crippen molar-refractivity contribution in [2.45, 2.75) is 39.3 Å². The standard InChI is InChI=1S/C21H26N2O4S/c1-16(2)27-20-10-8-17(9-11-20)15-22-21(24)18-6-5-7-19(14-18)23-12-3-4-13-28(23,25)26/h5-11,14,16H,3-4,12-13,15H2,1-2H3,(H,22,24). The Bertz CT molecular complexity index is 924. The molecule has 0 aliphatic carbocycles. The van der Waals surface area contributed by atoms with E-state index in [9.17, 15) is 13.2 Å². The fraction of sp³-hybridized carbons (Fsp3) is 0.381. The van der Waals surface area contributed by atoms with Crippen molar-refractivity contribution in [2.24, 2.45) is 0 Å². The summed E-state index contributed by atoms with van der Waals surface area (Å²) in [4.78, 5) is 12.5.